The lowest BCUT2D eigenvalue weighted by molar-refractivity contribution is 0.0906. The third-order valence-electron chi connectivity index (χ3n) is 4.80. The fraction of sp³-hybridized carbons (Fsp3) is 0.211. The molecular weight excluding hydrogens is 308 g/mol. The van der Waals surface area contributed by atoms with Crippen LogP contribution in [-0.2, 0) is 6.42 Å². The number of aromatic hydroxyl groups is 1. The second-order valence-electron chi connectivity index (χ2n) is 6.26. The zero-order valence-corrected chi connectivity index (χ0v) is 12.7. The topological polar surface area (TPSA) is 91.7 Å². The van der Waals surface area contributed by atoms with E-state index in [1.54, 1.807) is 6.07 Å². The molecule has 1 atom stereocenters. The van der Waals surface area contributed by atoms with E-state index in [0.29, 0.717) is 17.5 Å². The SMILES string of the molecule is O=C1c2ccc3c(c2C(=O)c2cccc(O)c21)C(=O)CC(CO)C3. The molecule has 0 amide bonds. The van der Waals surface area contributed by atoms with Crippen LogP contribution < -0.4 is 0 Å². The number of fused-ring (bicyclic) bond motifs is 4. The first-order valence-electron chi connectivity index (χ1n) is 7.74. The molecule has 0 radical (unpaired) electrons. The van der Waals surface area contributed by atoms with Crippen LogP contribution in [0.15, 0.2) is 30.3 Å². The van der Waals surface area contributed by atoms with Gasteiger partial charge in [0.1, 0.15) is 5.75 Å². The number of ketones is 3. The molecule has 0 saturated heterocycles. The Morgan fingerprint density at radius 2 is 1.58 bits per heavy atom. The second kappa shape index (κ2) is 5.11. The van der Waals surface area contributed by atoms with Gasteiger partial charge in [0.15, 0.2) is 17.3 Å². The summed E-state index contributed by atoms with van der Waals surface area (Å²) in [7, 11) is 0. The van der Waals surface area contributed by atoms with Gasteiger partial charge in [-0.25, -0.2) is 0 Å². The lowest BCUT2D eigenvalue weighted by Crippen LogP contribution is -2.29. The van der Waals surface area contributed by atoms with E-state index in [1.807, 2.05) is 0 Å². The summed E-state index contributed by atoms with van der Waals surface area (Å²) in [5, 5.41) is 19.3. The highest BCUT2D eigenvalue weighted by Crippen LogP contribution is 2.37. The molecule has 5 heteroatoms. The third kappa shape index (κ3) is 1.88. The van der Waals surface area contributed by atoms with Gasteiger partial charge in [-0.05, 0) is 30.0 Å². The van der Waals surface area contributed by atoms with E-state index in [4.69, 9.17) is 0 Å². The summed E-state index contributed by atoms with van der Waals surface area (Å²) in [5.41, 5.74) is 1.39. The number of carbonyl (C=O) groups is 3. The van der Waals surface area contributed by atoms with E-state index in [2.05, 4.69) is 0 Å². The average molecular weight is 322 g/mol. The van der Waals surface area contributed by atoms with Gasteiger partial charge in [0.25, 0.3) is 0 Å². The van der Waals surface area contributed by atoms with Crippen molar-refractivity contribution in [1.29, 1.82) is 0 Å². The number of carbonyl (C=O) groups excluding carboxylic acids is 3. The summed E-state index contributed by atoms with van der Waals surface area (Å²) < 4.78 is 0. The highest BCUT2D eigenvalue weighted by molar-refractivity contribution is 6.32. The molecule has 2 aromatic carbocycles. The van der Waals surface area contributed by atoms with E-state index in [9.17, 15) is 24.6 Å². The van der Waals surface area contributed by atoms with Crippen molar-refractivity contribution in [2.75, 3.05) is 6.61 Å². The molecular formula is C19H14O5. The van der Waals surface area contributed by atoms with Crippen molar-refractivity contribution < 1.29 is 24.6 Å². The Kier molecular flexibility index (Phi) is 3.15. The van der Waals surface area contributed by atoms with Gasteiger partial charge in [-0.15, -0.1) is 0 Å². The molecule has 0 fully saturated rings. The van der Waals surface area contributed by atoms with Crippen LogP contribution in [0.2, 0.25) is 0 Å². The van der Waals surface area contributed by atoms with Crippen molar-refractivity contribution in [1.82, 2.24) is 0 Å². The number of phenols is 1. The standard InChI is InChI=1S/C19H14O5/c20-8-9-6-10-4-5-12-17(15(10)14(22)7-9)19(24)11-2-1-3-13(21)16(11)18(12)23/h1-5,9,20-21H,6-8H2. The van der Waals surface area contributed by atoms with Gasteiger partial charge >= 0.3 is 0 Å². The number of aliphatic hydroxyl groups is 1. The van der Waals surface area contributed by atoms with Gasteiger partial charge in [0.05, 0.1) is 5.56 Å². The molecule has 120 valence electrons. The number of phenolic OH excluding ortho intramolecular Hbond substituents is 1. The summed E-state index contributed by atoms with van der Waals surface area (Å²) in [5.74, 6) is -1.48. The van der Waals surface area contributed by atoms with E-state index in [-0.39, 0.29) is 52.7 Å². The van der Waals surface area contributed by atoms with Gasteiger partial charge in [-0.1, -0.05) is 18.2 Å². The predicted molar refractivity (Wildman–Crippen MR) is 84.6 cm³/mol. The molecule has 2 aliphatic rings. The second-order valence-corrected chi connectivity index (χ2v) is 6.26. The minimum absolute atomic E-state index is 0.00792. The molecule has 24 heavy (non-hydrogen) atoms. The Morgan fingerprint density at radius 1 is 0.875 bits per heavy atom. The van der Waals surface area contributed by atoms with Crippen LogP contribution in [0.5, 0.6) is 5.75 Å². The monoisotopic (exact) mass is 322 g/mol. The fourth-order valence-electron chi connectivity index (χ4n) is 3.67. The Hall–Kier alpha value is -2.79. The highest BCUT2D eigenvalue weighted by Gasteiger charge is 2.38. The summed E-state index contributed by atoms with van der Waals surface area (Å²) in [4.78, 5) is 38.2. The predicted octanol–water partition coefficient (Wildman–Crippen LogP) is 1.91. The number of aliphatic hydroxyl groups excluding tert-OH is 1. The molecule has 0 saturated carbocycles. The molecule has 0 aliphatic heterocycles. The first kappa shape index (κ1) is 14.8. The van der Waals surface area contributed by atoms with Crippen molar-refractivity contribution in [2.45, 2.75) is 12.8 Å². The van der Waals surface area contributed by atoms with Crippen LogP contribution in [0.3, 0.4) is 0 Å². The normalized spacial score (nSPS) is 18.9. The third-order valence-corrected chi connectivity index (χ3v) is 4.80. The van der Waals surface area contributed by atoms with Crippen molar-refractivity contribution in [2.24, 2.45) is 5.92 Å². The van der Waals surface area contributed by atoms with E-state index in [1.165, 1.54) is 24.3 Å². The maximum atomic E-state index is 12.9. The number of hydrogen-bond donors (Lipinski definition) is 2. The zero-order chi connectivity index (χ0) is 17.0. The van der Waals surface area contributed by atoms with Crippen molar-refractivity contribution >= 4 is 17.3 Å². The van der Waals surface area contributed by atoms with Crippen molar-refractivity contribution in [3.05, 3.63) is 63.7 Å². The molecule has 4 rings (SSSR count). The van der Waals surface area contributed by atoms with Crippen molar-refractivity contribution in [3.63, 3.8) is 0 Å². The molecule has 2 N–H and O–H groups in total. The van der Waals surface area contributed by atoms with Crippen LogP contribution in [0.1, 0.15) is 54.2 Å². The Labute approximate surface area is 137 Å². The molecule has 2 aliphatic carbocycles. The molecule has 0 spiro atoms. The molecule has 2 aromatic rings. The van der Waals surface area contributed by atoms with Crippen LogP contribution in [-0.4, -0.2) is 34.2 Å². The molecule has 0 heterocycles. The lowest BCUT2D eigenvalue weighted by atomic mass is 9.74. The number of hydrogen-bond acceptors (Lipinski definition) is 5. The van der Waals surface area contributed by atoms with Crippen LogP contribution in [0, 0.1) is 5.92 Å². The molecule has 0 bridgehead atoms. The summed E-state index contributed by atoms with van der Waals surface area (Å²) in [6, 6.07) is 7.57. The van der Waals surface area contributed by atoms with Crippen LogP contribution in [0.25, 0.3) is 0 Å². The van der Waals surface area contributed by atoms with Gasteiger partial charge in [-0.3, -0.25) is 14.4 Å². The minimum atomic E-state index is -0.447. The average Bonchev–Trinajstić information content (AvgIpc) is 2.58. The van der Waals surface area contributed by atoms with E-state index >= 15 is 0 Å². The Morgan fingerprint density at radius 3 is 2.33 bits per heavy atom. The first-order chi connectivity index (χ1) is 11.5. The first-order valence-corrected chi connectivity index (χ1v) is 7.74. The lowest BCUT2D eigenvalue weighted by Gasteiger charge is -2.27. The Bertz CT molecular complexity index is 926. The van der Waals surface area contributed by atoms with Crippen LogP contribution in [0.4, 0.5) is 0 Å². The maximum Gasteiger partial charge on any atom is 0.198 e. The molecule has 1 unspecified atom stereocenters. The largest absolute Gasteiger partial charge is 0.507 e. The highest BCUT2D eigenvalue weighted by atomic mass is 16.3. The minimum Gasteiger partial charge on any atom is -0.507 e. The zero-order valence-electron chi connectivity index (χ0n) is 12.7. The number of benzene rings is 2. The van der Waals surface area contributed by atoms with Gasteiger partial charge in [-0.2, -0.15) is 0 Å². The fourth-order valence-corrected chi connectivity index (χ4v) is 3.67. The smallest absolute Gasteiger partial charge is 0.198 e. The summed E-state index contributed by atoms with van der Waals surface area (Å²) in [6.45, 7) is -0.0914. The number of Topliss-reactive ketones (excluding diaryl/α,β-unsaturated/α-hetero) is 1. The molecule has 5 nitrogen and oxygen atoms in total. The van der Waals surface area contributed by atoms with Gasteiger partial charge in [0, 0.05) is 35.3 Å². The Balaban J connectivity index is 1.98. The number of rotatable bonds is 1. The van der Waals surface area contributed by atoms with Crippen LogP contribution >= 0.6 is 0 Å². The molecule has 0 aromatic heterocycles. The maximum absolute atomic E-state index is 12.9. The van der Waals surface area contributed by atoms with Crippen molar-refractivity contribution in [3.8, 4) is 5.75 Å². The van der Waals surface area contributed by atoms with E-state index < -0.39 is 11.6 Å². The van der Waals surface area contributed by atoms with Gasteiger partial charge in [0.2, 0.25) is 0 Å². The summed E-state index contributed by atoms with van der Waals surface area (Å²) in [6.07, 6.45) is 0.660. The quantitative estimate of drug-likeness (QED) is 0.714. The summed E-state index contributed by atoms with van der Waals surface area (Å²) >= 11 is 0. The van der Waals surface area contributed by atoms with Gasteiger partial charge < -0.3 is 10.2 Å². The van der Waals surface area contributed by atoms with E-state index in [0.717, 1.165) is 0 Å².